The van der Waals surface area contributed by atoms with E-state index >= 15 is 0 Å². The van der Waals surface area contributed by atoms with Gasteiger partial charge in [0, 0.05) is 0 Å². The van der Waals surface area contributed by atoms with Crippen molar-refractivity contribution < 1.29 is 17.9 Å². The van der Waals surface area contributed by atoms with Gasteiger partial charge in [-0.05, 0) is 11.1 Å². The molecule has 0 aliphatic rings. The SMILES string of the molecule is O=C(CCS(=O)(=O)Cc1ccccc1)OCc1ccccc1. The number of carbonyl (C=O) groups is 1. The Balaban J connectivity index is 1.78. The summed E-state index contributed by atoms with van der Waals surface area (Å²) >= 11 is 0. The lowest BCUT2D eigenvalue weighted by atomic mass is 10.2. The maximum Gasteiger partial charge on any atom is 0.307 e. The van der Waals surface area contributed by atoms with Crippen molar-refractivity contribution in [3.05, 3.63) is 71.8 Å². The van der Waals surface area contributed by atoms with Gasteiger partial charge in [0.15, 0.2) is 9.84 Å². The van der Waals surface area contributed by atoms with Crippen molar-refractivity contribution in [3.8, 4) is 0 Å². The molecule has 0 spiro atoms. The predicted octanol–water partition coefficient (Wildman–Crippen LogP) is 2.73. The van der Waals surface area contributed by atoms with Crippen molar-refractivity contribution in [2.45, 2.75) is 18.8 Å². The van der Waals surface area contributed by atoms with Gasteiger partial charge in [-0.3, -0.25) is 4.79 Å². The van der Waals surface area contributed by atoms with Crippen molar-refractivity contribution in [3.63, 3.8) is 0 Å². The molecule has 0 unspecified atom stereocenters. The fourth-order valence-corrected chi connectivity index (χ4v) is 3.27. The fourth-order valence-electron chi connectivity index (χ4n) is 1.95. The van der Waals surface area contributed by atoms with Gasteiger partial charge in [0.25, 0.3) is 0 Å². The standard InChI is InChI=1S/C17H18O4S/c18-17(21-13-15-7-3-1-4-8-15)11-12-22(19,20)14-16-9-5-2-6-10-16/h1-10H,11-14H2. The molecule has 2 aromatic carbocycles. The smallest absolute Gasteiger partial charge is 0.307 e. The van der Waals surface area contributed by atoms with E-state index in [0.29, 0.717) is 0 Å². The number of hydrogen-bond donors (Lipinski definition) is 0. The zero-order valence-corrected chi connectivity index (χ0v) is 13.0. The van der Waals surface area contributed by atoms with Crippen molar-refractivity contribution in [2.75, 3.05) is 5.75 Å². The highest BCUT2D eigenvalue weighted by atomic mass is 32.2. The van der Waals surface area contributed by atoms with Gasteiger partial charge < -0.3 is 4.74 Å². The molecule has 4 nitrogen and oxygen atoms in total. The number of sulfone groups is 1. The molecule has 2 rings (SSSR count). The Labute approximate surface area is 130 Å². The molecule has 0 aliphatic heterocycles. The first kappa shape index (κ1) is 16.2. The van der Waals surface area contributed by atoms with E-state index in [1.807, 2.05) is 36.4 Å². The Morgan fingerprint density at radius 3 is 2.00 bits per heavy atom. The van der Waals surface area contributed by atoms with Crippen LogP contribution in [0, 0.1) is 0 Å². The maximum atomic E-state index is 12.0. The molecule has 5 heteroatoms. The summed E-state index contributed by atoms with van der Waals surface area (Å²) in [5.41, 5.74) is 1.60. The lowest BCUT2D eigenvalue weighted by molar-refractivity contribution is -0.144. The minimum atomic E-state index is -3.31. The van der Waals surface area contributed by atoms with Crippen LogP contribution in [0.25, 0.3) is 0 Å². The first-order valence-electron chi connectivity index (χ1n) is 6.99. The number of carbonyl (C=O) groups excluding carboxylic acids is 1. The van der Waals surface area contributed by atoms with Crippen molar-refractivity contribution in [2.24, 2.45) is 0 Å². The Kier molecular flexibility index (Phi) is 5.72. The number of benzene rings is 2. The van der Waals surface area contributed by atoms with Crippen LogP contribution in [0.5, 0.6) is 0 Å². The lowest BCUT2D eigenvalue weighted by Gasteiger charge is -2.06. The van der Waals surface area contributed by atoms with Gasteiger partial charge in [0.1, 0.15) is 6.61 Å². The monoisotopic (exact) mass is 318 g/mol. The van der Waals surface area contributed by atoms with Crippen molar-refractivity contribution in [1.29, 1.82) is 0 Å². The molecule has 22 heavy (non-hydrogen) atoms. The van der Waals surface area contributed by atoms with Gasteiger partial charge in [-0.1, -0.05) is 60.7 Å². The third-order valence-electron chi connectivity index (χ3n) is 3.09. The van der Waals surface area contributed by atoms with E-state index in [1.165, 1.54) is 0 Å². The van der Waals surface area contributed by atoms with E-state index in [4.69, 9.17) is 4.74 Å². The zero-order valence-electron chi connectivity index (χ0n) is 12.1. The molecule has 116 valence electrons. The summed E-state index contributed by atoms with van der Waals surface area (Å²) in [4.78, 5) is 11.6. The van der Waals surface area contributed by atoms with Crippen molar-refractivity contribution in [1.82, 2.24) is 0 Å². The van der Waals surface area contributed by atoms with Crippen LogP contribution in [0.4, 0.5) is 0 Å². The lowest BCUT2D eigenvalue weighted by Crippen LogP contribution is -2.15. The molecule has 0 aromatic heterocycles. The molecular weight excluding hydrogens is 300 g/mol. The van der Waals surface area contributed by atoms with E-state index in [9.17, 15) is 13.2 Å². The van der Waals surface area contributed by atoms with E-state index in [1.54, 1.807) is 24.3 Å². The predicted molar refractivity (Wildman–Crippen MR) is 84.8 cm³/mol. The molecule has 0 fully saturated rings. The van der Waals surface area contributed by atoms with Crippen LogP contribution < -0.4 is 0 Å². The summed E-state index contributed by atoms with van der Waals surface area (Å²) < 4.78 is 29.0. The molecule has 0 amide bonds. The van der Waals surface area contributed by atoms with Gasteiger partial charge in [-0.25, -0.2) is 8.42 Å². The summed E-state index contributed by atoms with van der Waals surface area (Å²) in [7, 11) is -3.31. The molecular formula is C17H18O4S. The van der Waals surface area contributed by atoms with Gasteiger partial charge in [0.2, 0.25) is 0 Å². The van der Waals surface area contributed by atoms with Gasteiger partial charge in [-0.15, -0.1) is 0 Å². The molecule has 0 heterocycles. The number of esters is 1. The average molecular weight is 318 g/mol. The summed E-state index contributed by atoms with van der Waals surface area (Å²) in [5.74, 6) is -0.754. The Morgan fingerprint density at radius 1 is 0.864 bits per heavy atom. The first-order valence-corrected chi connectivity index (χ1v) is 8.81. The average Bonchev–Trinajstić information content (AvgIpc) is 2.53. The van der Waals surface area contributed by atoms with Crippen LogP contribution in [0.1, 0.15) is 17.5 Å². The second-order valence-corrected chi connectivity index (χ2v) is 7.16. The molecule has 0 aliphatic carbocycles. The van der Waals surface area contributed by atoms with Crippen LogP contribution in [-0.4, -0.2) is 20.1 Å². The topological polar surface area (TPSA) is 60.4 Å². The van der Waals surface area contributed by atoms with E-state index in [2.05, 4.69) is 0 Å². The van der Waals surface area contributed by atoms with Gasteiger partial charge in [-0.2, -0.15) is 0 Å². The number of ether oxygens (including phenoxy) is 1. The van der Waals surface area contributed by atoms with Crippen LogP contribution >= 0.6 is 0 Å². The summed E-state index contributed by atoms with van der Waals surface area (Å²) in [6.45, 7) is 0.165. The summed E-state index contributed by atoms with van der Waals surface area (Å²) in [6.07, 6.45) is -0.123. The fraction of sp³-hybridized carbons (Fsp3) is 0.235. The van der Waals surface area contributed by atoms with E-state index in [0.717, 1.165) is 11.1 Å². The third kappa shape index (κ3) is 5.69. The second-order valence-electron chi connectivity index (χ2n) is 4.97. The molecule has 0 N–H and O–H groups in total. The van der Waals surface area contributed by atoms with Crippen molar-refractivity contribution >= 4 is 15.8 Å². The molecule has 0 radical (unpaired) electrons. The molecule has 0 saturated heterocycles. The van der Waals surface area contributed by atoms with Crippen LogP contribution in [-0.2, 0) is 31.7 Å². The summed E-state index contributed by atoms with van der Waals surface area (Å²) in [5, 5.41) is 0. The van der Waals surface area contributed by atoms with Crippen LogP contribution in [0.15, 0.2) is 60.7 Å². The molecule has 0 saturated carbocycles. The normalized spacial score (nSPS) is 11.1. The molecule has 0 atom stereocenters. The highest BCUT2D eigenvalue weighted by Crippen LogP contribution is 2.08. The number of hydrogen-bond acceptors (Lipinski definition) is 4. The first-order chi connectivity index (χ1) is 10.6. The van der Waals surface area contributed by atoms with Gasteiger partial charge in [0.05, 0.1) is 17.9 Å². The Bertz CT molecular complexity index is 694. The van der Waals surface area contributed by atoms with Crippen LogP contribution in [0.3, 0.4) is 0 Å². The minimum Gasteiger partial charge on any atom is -0.461 e. The largest absolute Gasteiger partial charge is 0.461 e. The molecule has 2 aromatic rings. The molecule has 0 bridgehead atoms. The van der Waals surface area contributed by atoms with Gasteiger partial charge >= 0.3 is 5.97 Å². The van der Waals surface area contributed by atoms with E-state index in [-0.39, 0.29) is 24.5 Å². The maximum absolute atomic E-state index is 12.0. The van der Waals surface area contributed by atoms with Crippen LogP contribution in [0.2, 0.25) is 0 Å². The second kappa shape index (κ2) is 7.75. The van der Waals surface area contributed by atoms with E-state index < -0.39 is 15.8 Å². The summed E-state index contributed by atoms with van der Waals surface area (Å²) in [6, 6.07) is 18.2. The Morgan fingerprint density at radius 2 is 1.41 bits per heavy atom. The highest BCUT2D eigenvalue weighted by Gasteiger charge is 2.15. The number of rotatable bonds is 7. The minimum absolute atomic E-state index is 0.0557. The zero-order chi connectivity index (χ0) is 15.8. The Hall–Kier alpha value is -2.14. The highest BCUT2D eigenvalue weighted by molar-refractivity contribution is 7.90. The quantitative estimate of drug-likeness (QED) is 0.737. The third-order valence-corrected chi connectivity index (χ3v) is 4.69.